The second-order valence-corrected chi connectivity index (χ2v) is 6.06. The van der Waals surface area contributed by atoms with Crippen LogP contribution < -0.4 is 0 Å². The number of nitrogens with zero attached hydrogens (tertiary/aromatic N) is 2. The maximum absolute atomic E-state index is 12.3. The summed E-state index contributed by atoms with van der Waals surface area (Å²) in [6.45, 7) is 0.533. The molecule has 0 amide bonds. The summed E-state index contributed by atoms with van der Waals surface area (Å²) < 4.78 is 26.1. The van der Waals surface area contributed by atoms with Gasteiger partial charge in [-0.1, -0.05) is 6.42 Å². The molecule has 1 atom stereocenters. The molecule has 1 fully saturated rings. The molecule has 0 aliphatic carbocycles. The molecule has 1 saturated heterocycles. The van der Waals surface area contributed by atoms with E-state index in [1.165, 1.54) is 16.6 Å². The zero-order valence-corrected chi connectivity index (χ0v) is 10.4. The van der Waals surface area contributed by atoms with Crippen molar-refractivity contribution in [3.05, 3.63) is 12.3 Å². The number of hydrogen-bond acceptors (Lipinski definition) is 4. The summed E-state index contributed by atoms with van der Waals surface area (Å²) in [6.07, 6.45) is 4.62. The van der Waals surface area contributed by atoms with Gasteiger partial charge in [-0.25, -0.2) is 8.42 Å². The zero-order valence-electron chi connectivity index (χ0n) is 9.54. The molecule has 0 saturated carbocycles. The van der Waals surface area contributed by atoms with Gasteiger partial charge in [-0.2, -0.15) is 9.40 Å². The van der Waals surface area contributed by atoms with Crippen molar-refractivity contribution >= 4 is 10.0 Å². The Bertz CT molecular complexity index is 441. The summed E-state index contributed by atoms with van der Waals surface area (Å²) in [5.41, 5.74) is 0. The lowest BCUT2D eigenvalue weighted by molar-refractivity contribution is 0.192. The molecule has 1 aliphatic heterocycles. The van der Waals surface area contributed by atoms with Crippen molar-refractivity contribution in [3.63, 3.8) is 0 Å². The highest BCUT2D eigenvalue weighted by atomic mass is 32.2. The largest absolute Gasteiger partial charge is 0.396 e. The van der Waals surface area contributed by atoms with Crippen molar-refractivity contribution in [3.8, 4) is 0 Å². The number of piperidine rings is 1. The van der Waals surface area contributed by atoms with E-state index >= 15 is 0 Å². The van der Waals surface area contributed by atoms with Crippen molar-refractivity contribution in [2.24, 2.45) is 0 Å². The molecule has 2 N–H and O–H groups in total. The number of nitrogens with one attached hydrogen (secondary N) is 1. The second-order valence-electron chi connectivity index (χ2n) is 4.20. The zero-order chi connectivity index (χ0) is 12.3. The lowest BCUT2D eigenvalue weighted by Gasteiger charge is -2.33. The molecule has 0 spiro atoms. The molecule has 2 heterocycles. The van der Waals surface area contributed by atoms with Crippen LogP contribution in [0.5, 0.6) is 0 Å². The highest BCUT2D eigenvalue weighted by molar-refractivity contribution is 7.89. The normalized spacial score (nSPS) is 22.8. The minimum atomic E-state index is -3.49. The minimum Gasteiger partial charge on any atom is -0.396 e. The molecule has 1 aliphatic rings. The van der Waals surface area contributed by atoms with Crippen molar-refractivity contribution in [2.75, 3.05) is 13.2 Å². The van der Waals surface area contributed by atoms with E-state index in [4.69, 9.17) is 5.11 Å². The molecule has 1 aromatic rings. The van der Waals surface area contributed by atoms with Gasteiger partial charge < -0.3 is 5.11 Å². The topological polar surface area (TPSA) is 86.3 Å². The Labute approximate surface area is 101 Å². The van der Waals surface area contributed by atoms with Gasteiger partial charge in [0.1, 0.15) is 0 Å². The number of aliphatic hydroxyl groups is 1. The predicted octanol–water partition coefficient (Wildman–Crippen LogP) is 0.335. The van der Waals surface area contributed by atoms with Gasteiger partial charge in [-0.05, 0) is 25.3 Å². The average Bonchev–Trinajstić information content (AvgIpc) is 2.84. The van der Waals surface area contributed by atoms with Crippen molar-refractivity contribution in [1.82, 2.24) is 14.5 Å². The van der Waals surface area contributed by atoms with Crippen LogP contribution in [0.25, 0.3) is 0 Å². The summed E-state index contributed by atoms with van der Waals surface area (Å²) in [5, 5.41) is 15.3. The molecule has 0 radical (unpaired) electrons. The smallest absolute Gasteiger partial charge is 0.260 e. The Morgan fingerprint density at radius 2 is 2.35 bits per heavy atom. The van der Waals surface area contributed by atoms with Gasteiger partial charge in [0, 0.05) is 19.2 Å². The monoisotopic (exact) mass is 259 g/mol. The maximum Gasteiger partial charge on any atom is 0.260 e. The number of hydrogen-bond donors (Lipinski definition) is 2. The first-order valence-electron chi connectivity index (χ1n) is 5.78. The summed E-state index contributed by atoms with van der Waals surface area (Å²) in [6, 6.07) is 1.36. The number of aromatic nitrogens is 2. The first kappa shape index (κ1) is 12.5. The lowest BCUT2D eigenvalue weighted by Crippen LogP contribution is -2.44. The Kier molecular flexibility index (Phi) is 3.80. The van der Waals surface area contributed by atoms with Gasteiger partial charge in [0.05, 0.1) is 6.20 Å². The van der Waals surface area contributed by atoms with Crippen LogP contribution in [0.2, 0.25) is 0 Å². The van der Waals surface area contributed by atoms with E-state index in [0.29, 0.717) is 13.0 Å². The number of H-pyrrole nitrogens is 1. The van der Waals surface area contributed by atoms with Gasteiger partial charge in [-0.3, -0.25) is 5.10 Å². The molecule has 6 nitrogen and oxygen atoms in total. The van der Waals surface area contributed by atoms with E-state index in [-0.39, 0.29) is 17.7 Å². The molecule has 17 heavy (non-hydrogen) atoms. The molecule has 0 bridgehead atoms. The van der Waals surface area contributed by atoms with Crippen LogP contribution in [0.3, 0.4) is 0 Å². The summed E-state index contributed by atoms with van der Waals surface area (Å²) in [5.74, 6) is 0. The Morgan fingerprint density at radius 3 is 3.00 bits per heavy atom. The number of sulfonamides is 1. The molecular formula is C10H17N3O3S. The predicted molar refractivity (Wildman–Crippen MR) is 61.8 cm³/mol. The third kappa shape index (κ3) is 2.51. The summed E-state index contributed by atoms with van der Waals surface area (Å²) in [4.78, 5) is 0. The van der Waals surface area contributed by atoms with E-state index in [1.807, 2.05) is 0 Å². The van der Waals surface area contributed by atoms with Crippen LogP contribution in [0.15, 0.2) is 17.3 Å². The van der Waals surface area contributed by atoms with Gasteiger partial charge in [0.25, 0.3) is 10.0 Å². The van der Waals surface area contributed by atoms with Crippen molar-refractivity contribution in [2.45, 2.75) is 36.8 Å². The van der Waals surface area contributed by atoms with Gasteiger partial charge in [0.15, 0.2) is 5.03 Å². The average molecular weight is 259 g/mol. The summed E-state index contributed by atoms with van der Waals surface area (Å²) in [7, 11) is -3.49. The third-order valence-corrected chi connectivity index (χ3v) is 4.98. The number of aliphatic hydroxyl groups excluding tert-OH is 1. The van der Waals surface area contributed by atoms with Crippen LogP contribution in [0, 0.1) is 0 Å². The van der Waals surface area contributed by atoms with E-state index in [9.17, 15) is 8.42 Å². The minimum absolute atomic E-state index is 0.0136. The van der Waals surface area contributed by atoms with Crippen molar-refractivity contribution in [1.29, 1.82) is 0 Å². The van der Waals surface area contributed by atoms with E-state index < -0.39 is 10.0 Å². The van der Waals surface area contributed by atoms with Gasteiger partial charge in [0.2, 0.25) is 0 Å². The van der Waals surface area contributed by atoms with Crippen LogP contribution >= 0.6 is 0 Å². The Hall–Kier alpha value is -0.920. The fourth-order valence-corrected chi connectivity index (χ4v) is 3.87. The summed E-state index contributed by atoms with van der Waals surface area (Å²) >= 11 is 0. The maximum atomic E-state index is 12.3. The molecule has 7 heteroatoms. The molecule has 0 aromatic carbocycles. The van der Waals surface area contributed by atoms with E-state index in [2.05, 4.69) is 10.2 Å². The molecule has 1 aromatic heterocycles. The molecule has 1 unspecified atom stereocenters. The quantitative estimate of drug-likeness (QED) is 0.816. The fraction of sp³-hybridized carbons (Fsp3) is 0.700. The Balaban J connectivity index is 2.24. The van der Waals surface area contributed by atoms with Crippen LogP contribution in [0.4, 0.5) is 0 Å². The van der Waals surface area contributed by atoms with Crippen LogP contribution in [-0.2, 0) is 10.0 Å². The van der Waals surface area contributed by atoms with Crippen LogP contribution in [0.1, 0.15) is 25.7 Å². The standard InChI is InChI=1S/C10H17N3O3S/c14-8-5-9-3-1-2-7-13(9)17(15,16)10-4-6-11-12-10/h4,6,9,14H,1-3,5,7-8H2,(H,11,12). The number of rotatable bonds is 4. The first-order chi connectivity index (χ1) is 8.16. The van der Waals surface area contributed by atoms with E-state index in [1.54, 1.807) is 0 Å². The fourth-order valence-electron chi connectivity index (χ4n) is 2.24. The highest BCUT2D eigenvalue weighted by Crippen LogP contribution is 2.25. The molecule has 2 rings (SSSR count). The third-order valence-electron chi connectivity index (χ3n) is 3.10. The SMILES string of the molecule is O=S(=O)(c1ccn[nH]1)N1CCCCC1CCO. The van der Waals surface area contributed by atoms with Gasteiger partial charge >= 0.3 is 0 Å². The lowest BCUT2D eigenvalue weighted by atomic mass is 10.0. The van der Waals surface area contributed by atoms with Gasteiger partial charge in [-0.15, -0.1) is 0 Å². The van der Waals surface area contributed by atoms with Crippen LogP contribution in [-0.4, -0.2) is 47.2 Å². The number of aromatic amines is 1. The Morgan fingerprint density at radius 1 is 1.53 bits per heavy atom. The van der Waals surface area contributed by atoms with E-state index in [0.717, 1.165) is 19.3 Å². The molecular weight excluding hydrogens is 242 g/mol. The molecule has 96 valence electrons. The second kappa shape index (κ2) is 5.16. The first-order valence-corrected chi connectivity index (χ1v) is 7.22. The van der Waals surface area contributed by atoms with Crippen molar-refractivity contribution < 1.29 is 13.5 Å². The highest BCUT2D eigenvalue weighted by Gasteiger charge is 2.33.